The Kier molecular flexibility index (Phi) is 3.92. The minimum absolute atomic E-state index is 0.115. The van der Waals surface area contributed by atoms with Gasteiger partial charge in [0.15, 0.2) is 9.84 Å². The summed E-state index contributed by atoms with van der Waals surface area (Å²) in [6.07, 6.45) is 0.731. The van der Waals surface area contributed by atoms with Gasteiger partial charge in [0, 0.05) is 24.8 Å². The third-order valence-corrected chi connectivity index (χ3v) is 5.24. The number of anilines is 1. The normalized spacial score (nSPS) is 22.0. The van der Waals surface area contributed by atoms with Gasteiger partial charge in [0.1, 0.15) is 0 Å². The molecule has 2 N–H and O–H groups in total. The maximum absolute atomic E-state index is 11.5. The second-order valence-electron chi connectivity index (χ2n) is 4.71. The van der Waals surface area contributed by atoms with Crippen LogP contribution in [0.5, 0.6) is 0 Å². The molecule has 0 amide bonds. The Labute approximate surface area is 109 Å². The van der Waals surface area contributed by atoms with Crippen LogP contribution in [0.1, 0.15) is 18.9 Å². The molecule has 5 heteroatoms. The van der Waals surface area contributed by atoms with Crippen molar-refractivity contribution in [1.82, 2.24) is 0 Å². The van der Waals surface area contributed by atoms with Gasteiger partial charge >= 0.3 is 0 Å². The zero-order chi connectivity index (χ0) is 13.2. The molecule has 1 aromatic carbocycles. The van der Waals surface area contributed by atoms with Crippen LogP contribution in [0.3, 0.4) is 0 Å². The monoisotopic (exact) mass is 268 g/mol. The third kappa shape index (κ3) is 2.84. The van der Waals surface area contributed by atoms with Gasteiger partial charge in [0.25, 0.3) is 0 Å². The fraction of sp³-hybridized carbons (Fsp3) is 0.538. The molecule has 0 spiro atoms. The third-order valence-electron chi connectivity index (χ3n) is 3.49. The highest BCUT2D eigenvalue weighted by atomic mass is 32.2. The number of hydrogen-bond acceptors (Lipinski definition) is 4. The molecule has 1 fully saturated rings. The van der Waals surface area contributed by atoms with Gasteiger partial charge in [-0.15, -0.1) is 0 Å². The van der Waals surface area contributed by atoms with Crippen molar-refractivity contribution in [2.24, 2.45) is 5.73 Å². The van der Waals surface area contributed by atoms with Crippen LogP contribution in [0.25, 0.3) is 0 Å². The summed E-state index contributed by atoms with van der Waals surface area (Å²) in [4.78, 5) is 2.17. The minimum Gasteiger partial charge on any atom is -0.368 e. The van der Waals surface area contributed by atoms with Crippen LogP contribution in [0, 0.1) is 0 Å². The molecule has 0 saturated carbocycles. The van der Waals surface area contributed by atoms with Gasteiger partial charge < -0.3 is 10.6 Å². The van der Waals surface area contributed by atoms with Crippen molar-refractivity contribution in [2.75, 3.05) is 23.0 Å². The minimum atomic E-state index is -2.83. The summed E-state index contributed by atoms with van der Waals surface area (Å²) in [5.41, 5.74) is 7.75. The van der Waals surface area contributed by atoms with Crippen LogP contribution in [-0.2, 0) is 16.4 Å². The van der Waals surface area contributed by atoms with Crippen LogP contribution in [0.15, 0.2) is 24.3 Å². The molecule has 18 heavy (non-hydrogen) atoms. The van der Waals surface area contributed by atoms with E-state index in [2.05, 4.69) is 11.8 Å². The van der Waals surface area contributed by atoms with E-state index in [0.717, 1.165) is 24.2 Å². The van der Waals surface area contributed by atoms with E-state index >= 15 is 0 Å². The number of sulfone groups is 1. The van der Waals surface area contributed by atoms with Crippen molar-refractivity contribution in [3.8, 4) is 0 Å². The molecular weight excluding hydrogens is 248 g/mol. The van der Waals surface area contributed by atoms with Gasteiger partial charge in [-0.3, -0.25) is 0 Å². The lowest BCUT2D eigenvalue weighted by Crippen LogP contribution is -2.36. The van der Waals surface area contributed by atoms with Gasteiger partial charge in [0.2, 0.25) is 0 Å². The molecule has 1 unspecified atom stereocenters. The van der Waals surface area contributed by atoms with E-state index in [9.17, 15) is 8.42 Å². The molecule has 2 rings (SSSR count). The van der Waals surface area contributed by atoms with E-state index in [1.807, 2.05) is 24.3 Å². The van der Waals surface area contributed by atoms with Crippen molar-refractivity contribution in [3.05, 3.63) is 29.8 Å². The first-order valence-electron chi connectivity index (χ1n) is 6.32. The number of nitrogens with two attached hydrogens (primary N) is 1. The molecule has 1 aromatic rings. The average Bonchev–Trinajstić information content (AvgIpc) is 2.71. The summed E-state index contributed by atoms with van der Waals surface area (Å²) in [6.45, 7) is 3.41. The van der Waals surface area contributed by atoms with E-state index in [1.54, 1.807) is 0 Å². The van der Waals surface area contributed by atoms with Crippen molar-refractivity contribution in [2.45, 2.75) is 25.9 Å². The molecule has 1 saturated heterocycles. The maximum Gasteiger partial charge on any atom is 0.152 e. The Morgan fingerprint density at radius 2 is 2.00 bits per heavy atom. The molecule has 100 valence electrons. The van der Waals surface area contributed by atoms with E-state index in [4.69, 9.17) is 5.73 Å². The highest BCUT2D eigenvalue weighted by molar-refractivity contribution is 7.91. The Bertz CT molecular complexity index is 496. The number of rotatable bonds is 4. The lowest BCUT2D eigenvalue weighted by atomic mass is 10.1. The van der Waals surface area contributed by atoms with Gasteiger partial charge in [-0.1, -0.05) is 12.1 Å². The summed E-state index contributed by atoms with van der Waals surface area (Å²) in [5, 5.41) is 0. The second kappa shape index (κ2) is 5.28. The molecule has 1 aliphatic heterocycles. The Balaban J connectivity index is 2.18. The van der Waals surface area contributed by atoms with Gasteiger partial charge in [0.05, 0.1) is 11.5 Å². The molecule has 4 nitrogen and oxygen atoms in total. The lowest BCUT2D eigenvalue weighted by Gasteiger charge is -2.29. The molecule has 1 heterocycles. The zero-order valence-corrected chi connectivity index (χ0v) is 11.5. The van der Waals surface area contributed by atoms with Crippen LogP contribution < -0.4 is 10.6 Å². The van der Waals surface area contributed by atoms with Crippen LogP contribution in [0.2, 0.25) is 0 Å². The van der Waals surface area contributed by atoms with Crippen molar-refractivity contribution in [1.29, 1.82) is 0 Å². The van der Waals surface area contributed by atoms with Crippen LogP contribution in [-0.4, -0.2) is 32.5 Å². The highest BCUT2D eigenvalue weighted by Crippen LogP contribution is 2.24. The topological polar surface area (TPSA) is 63.4 Å². The first kappa shape index (κ1) is 13.4. The first-order chi connectivity index (χ1) is 8.55. The van der Waals surface area contributed by atoms with Gasteiger partial charge in [-0.25, -0.2) is 8.42 Å². The predicted octanol–water partition coefficient (Wildman–Crippen LogP) is 1.16. The van der Waals surface area contributed by atoms with Crippen molar-refractivity contribution in [3.63, 3.8) is 0 Å². The number of benzene rings is 1. The predicted molar refractivity (Wildman–Crippen MR) is 74.4 cm³/mol. The highest BCUT2D eigenvalue weighted by Gasteiger charge is 2.31. The molecular formula is C13H20N2O2S. The lowest BCUT2D eigenvalue weighted by molar-refractivity contribution is 0.600. The Morgan fingerprint density at radius 1 is 1.33 bits per heavy atom. The standard InChI is InChI=1S/C13H20N2O2S/c1-2-15(13-7-8-18(16,17)10-13)12-5-3-11(9-14)4-6-12/h3-6,13H,2,7-10,14H2,1H3. The second-order valence-corrected chi connectivity index (χ2v) is 6.94. The van der Waals surface area contributed by atoms with Crippen LogP contribution >= 0.6 is 0 Å². The summed E-state index contributed by atoms with van der Waals surface area (Å²) in [6, 6.07) is 8.17. The fourth-order valence-electron chi connectivity index (χ4n) is 2.50. The van der Waals surface area contributed by atoms with Crippen LogP contribution in [0.4, 0.5) is 5.69 Å². The largest absolute Gasteiger partial charge is 0.368 e. The fourth-order valence-corrected chi connectivity index (χ4v) is 4.23. The average molecular weight is 268 g/mol. The van der Waals surface area contributed by atoms with Crippen molar-refractivity contribution < 1.29 is 8.42 Å². The molecule has 1 aliphatic rings. The quantitative estimate of drug-likeness (QED) is 0.890. The number of nitrogens with zero attached hydrogens (tertiary/aromatic N) is 1. The maximum atomic E-state index is 11.5. The summed E-state index contributed by atoms with van der Waals surface area (Å²) < 4.78 is 23.1. The Hall–Kier alpha value is -1.07. The Morgan fingerprint density at radius 3 is 2.44 bits per heavy atom. The van der Waals surface area contributed by atoms with E-state index in [0.29, 0.717) is 12.3 Å². The summed E-state index contributed by atoms with van der Waals surface area (Å²) >= 11 is 0. The molecule has 1 atom stereocenters. The molecule has 0 aliphatic carbocycles. The first-order valence-corrected chi connectivity index (χ1v) is 8.14. The van der Waals surface area contributed by atoms with E-state index in [1.165, 1.54) is 0 Å². The number of hydrogen-bond donors (Lipinski definition) is 1. The van der Waals surface area contributed by atoms with E-state index in [-0.39, 0.29) is 11.8 Å². The van der Waals surface area contributed by atoms with E-state index < -0.39 is 9.84 Å². The van der Waals surface area contributed by atoms with Crippen molar-refractivity contribution >= 4 is 15.5 Å². The smallest absolute Gasteiger partial charge is 0.152 e. The summed E-state index contributed by atoms with van der Waals surface area (Å²) in [5.74, 6) is 0.592. The zero-order valence-electron chi connectivity index (χ0n) is 10.7. The molecule has 0 aromatic heterocycles. The van der Waals surface area contributed by atoms with Gasteiger partial charge in [-0.2, -0.15) is 0 Å². The SMILES string of the molecule is CCN(c1ccc(CN)cc1)C1CCS(=O)(=O)C1. The van der Waals surface area contributed by atoms with Gasteiger partial charge in [-0.05, 0) is 31.0 Å². The summed E-state index contributed by atoms with van der Waals surface area (Å²) in [7, 11) is -2.83. The molecule has 0 radical (unpaired) electrons. The molecule has 0 bridgehead atoms.